The van der Waals surface area contributed by atoms with Crippen LogP contribution in [0.3, 0.4) is 0 Å². The van der Waals surface area contributed by atoms with Gasteiger partial charge in [0.2, 0.25) is 0 Å². The Morgan fingerprint density at radius 3 is 2.58 bits per heavy atom. The van der Waals surface area contributed by atoms with E-state index >= 15 is 0 Å². The van der Waals surface area contributed by atoms with E-state index in [1.54, 1.807) is 30.3 Å². The number of fused-ring (bicyclic) bond motifs is 2. The molecule has 7 nitrogen and oxygen atoms in total. The molecule has 132 valence electrons. The molecule has 7 heteroatoms. The zero-order valence-electron chi connectivity index (χ0n) is 13.8. The molecule has 0 radical (unpaired) electrons. The number of rotatable bonds is 4. The number of hydrogen-bond acceptors (Lipinski definition) is 5. The molecular weight excluding hydrogens is 336 g/mol. The number of hydrogen-bond donors (Lipinski definition) is 1. The molecule has 1 aromatic heterocycles. The van der Waals surface area contributed by atoms with Crippen molar-refractivity contribution in [1.82, 2.24) is 9.78 Å². The molecular formula is C19H16N2O5. The molecule has 0 amide bonds. The van der Waals surface area contributed by atoms with Gasteiger partial charge in [0.15, 0.2) is 17.6 Å². The fourth-order valence-electron chi connectivity index (χ4n) is 3.05. The topological polar surface area (TPSA) is 90.7 Å². The van der Waals surface area contributed by atoms with Crippen molar-refractivity contribution in [1.29, 1.82) is 0 Å². The van der Waals surface area contributed by atoms with Crippen LogP contribution in [-0.2, 0) is 17.8 Å². The second kappa shape index (κ2) is 6.51. The van der Waals surface area contributed by atoms with Crippen LogP contribution in [0.25, 0.3) is 10.8 Å². The summed E-state index contributed by atoms with van der Waals surface area (Å²) in [5, 5.41) is 14.4. The summed E-state index contributed by atoms with van der Waals surface area (Å²) in [5.74, 6) is 0.275. The van der Waals surface area contributed by atoms with Crippen molar-refractivity contribution >= 4 is 16.7 Å². The molecule has 0 spiro atoms. The summed E-state index contributed by atoms with van der Waals surface area (Å²) < 4.78 is 12.8. The molecule has 1 N–H and O–H groups in total. The van der Waals surface area contributed by atoms with Crippen LogP contribution in [0.1, 0.15) is 5.69 Å². The first kappa shape index (κ1) is 16.1. The number of carboxylic acids is 1. The van der Waals surface area contributed by atoms with E-state index in [4.69, 9.17) is 14.6 Å². The molecule has 1 atom stereocenters. The molecule has 0 fully saturated rings. The Morgan fingerprint density at radius 1 is 1.12 bits per heavy atom. The summed E-state index contributed by atoms with van der Waals surface area (Å²) >= 11 is 0. The van der Waals surface area contributed by atoms with Crippen LogP contribution < -0.4 is 15.0 Å². The molecule has 2 aromatic carbocycles. The third-order valence-electron chi connectivity index (χ3n) is 4.21. The standard InChI is InChI=1S/C19H16N2O5/c22-18(23)9-15-13-5-1-2-6-14(13)19(24)21(20-15)10-12-11-25-16-7-3-4-8-17(16)26-12/h1-8,12H,9-11H2,(H,22,23). The van der Waals surface area contributed by atoms with Gasteiger partial charge in [-0.1, -0.05) is 30.3 Å². The van der Waals surface area contributed by atoms with Crippen molar-refractivity contribution < 1.29 is 19.4 Å². The highest BCUT2D eigenvalue weighted by Crippen LogP contribution is 2.31. The Bertz CT molecular complexity index is 1040. The lowest BCUT2D eigenvalue weighted by molar-refractivity contribution is -0.136. The van der Waals surface area contributed by atoms with Crippen molar-refractivity contribution in [3.8, 4) is 11.5 Å². The maximum atomic E-state index is 12.7. The number of ether oxygens (including phenoxy) is 2. The number of aromatic nitrogens is 2. The van der Waals surface area contributed by atoms with Gasteiger partial charge in [-0.25, -0.2) is 4.68 Å². The van der Waals surface area contributed by atoms with Gasteiger partial charge < -0.3 is 14.6 Å². The van der Waals surface area contributed by atoms with Crippen molar-refractivity contribution in [2.75, 3.05) is 6.61 Å². The van der Waals surface area contributed by atoms with E-state index in [9.17, 15) is 9.59 Å². The zero-order chi connectivity index (χ0) is 18.1. The molecule has 0 saturated heterocycles. The normalized spacial score (nSPS) is 15.8. The van der Waals surface area contributed by atoms with Crippen LogP contribution in [0, 0.1) is 0 Å². The summed E-state index contributed by atoms with van der Waals surface area (Å²) in [6, 6.07) is 14.2. The fourth-order valence-corrected chi connectivity index (χ4v) is 3.05. The Kier molecular flexibility index (Phi) is 4.04. The van der Waals surface area contributed by atoms with Gasteiger partial charge in [0, 0.05) is 5.39 Å². The highest BCUT2D eigenvalue weighted by atomic mass is 16.6. The minimum Gasteiger partial charge on any atom is -0.486 e. The van der Waals surface area contributed by atoms with Gasteiger partial charge in [-0.2, -0.15) is 5.10 Å². The Labute approximate surface area is 148 Å². The van der Waals surface area contributed by atoms with E-state index in [2.05, 4.69) is 5.10 Å². The lowest BCUT2D eigenvalue weighted by Crippen LogP contribution is -2.38. The van der Waals surface area contributed by atoms with Crippen LogP contribution in [0.5, 0.6) is 11.5 Å². The largest absolute Gasteiger partial charge is 0.486 e. The molecule has 1 aliphatic rings. The minimum absolute atomic E-state index is 0.171. The summed E-state index contributed by atoms with van der Waals surface area (Å²) in [6.45, 7) is 0.455. The molecule has 1 aliphatic heterocycles. The quantitative estimate of drug-likeness (QED) is 0.771. The minimum atomic E-state index is -1.00. The van der Waals surface area contributed by atoms with E-state index in [0.717, 1.165) is 0 Å². The lowest BCUT2D eigenvalue weighted by atomic mass is 10.1. The molecule has 4 rings (SSSR count). The predicted octanol–water partition coefficient (Wildman–Crippen LogP) is 1.86. The number of carboxylic acid groups (broad SMARTS) is 1. The number of nitrogens with zero attached hydrogens (tertiary/aromatic N) is 2. The molecule has 0 saturated carbocycles. The predicted molar refractivity (Wildman–Crippen MR) is 93.7 cm³/mol. The van der Waals surface area contributed by atoms with E-state index in [1.807, 2.05) is 18.2 Å². The summed E-state index contributed by atoms with van der Waals surface area (Å²) in [6.07, 6.45) is -0.653. The van der Waals surface area contributed by atoms with E-state index in [0.29, 0.717) is 28.0 Å². The fraction of sp³-hybridized carbons (Fsp3) is 0.211. The molecule has 0 aliphatic carbocycles. The summed E-state index contributed by atoms with van der Waals surface area (Å²) in [4.78, 5) is 23.9. The van der Waals surface area contributed by atoms with Gasteiger partial charge in [0.1, 0.15) is 6.61 Å². The van der Waals surface area contributed by atoms with E-state index in [1.165, 1.54) is 4.68 Å². The van der Waals surface area contributed by atoms with E-state index in [-0.39, 0.29) is 25.1 Å². The number of aliphatic carboxylic acids is 1. The lowest BCUT2D eigenvalue weighted by Gasteiger charge is -2.26. The zero-order valence-corrected chi connectivity index (χ0v) is 13.8. The van der Waals surface area contributed by atoms with Crippen LogP contribution in [0.15, 0.2) is 53.3 Å². The maximum absolute atomic E-state index is 12.7. The second-order valence-electron chi connectivity index (χ2n) is 6.05. The van der Waals surface area contributed by atoms with Crippen molar-refractivity contribution in [2.24, 2.45) is 0 Å². The number of para-hydroxylation sites is 2. The third kappa shape index (κ3) is 2.99. The van der Waals surface area contributed by atoms with Crippen LogP contribution in [-0.4, -0.2) is 33.6 Å². The van der Waals surface area contributed by atoms with Gasteiger partial charge in [-0.05, 0) is 18.2 Å². The second-order valence-corrected chi connectivity index (χ2v) is 6.05. The summed E-state index contributed by atoms with van der Waals surface area (Å²) in [7, 11) is 0. The van der Waals surface area contributed by atoms with Gasteiger partial charge >= 0.3 is 5.97 Å². The van der Waals surface area contributed by atoms with Gasteiger partial charge in [0.05, 0.1) is 24.0 Å². The van der Waals surface area contributed by atoms with Crippen molar-refractivity contribution in [3.63, 3.8) is 0 Å². The van der Waals surface area contributed by atoms with Crippen molar-refractivity contribution in [3.05, 3.63) is 64.6 Å². The SMILES string of the molecule is O=C(O)Cc1nn(CC2COc3ccccc3O2)c(=O)c2ccccc12. The monoisotopic (exact) mass is 352 g/mol. The summed E-state index contributed by atoms with van der Waals surface area (Å²) in [5.41, 5.74) is 0.0713. The van der Waals surface area contributed by atoms with Crippen LogP contribution >= 0.6 is 0 Å². The third-order valence-corrected chi connectivity index (χ3v) is 4.21. The van der Waals surface area contributed by atoms with Crippen LogP contribution in [0.4, 0.5) is 0 Å². The Balaban J connectivity index is 1.70. The van der Waals surface area contributed by atoms with Gasteiger partial charge in [0.25, 0.3) is 5.56 Å². The smallest absolute Gasteiger partial charge is 0.309 e. The molecule has 3 aromatic rings. The Hall–Kier alpha value is -3.35. The number of carbonyl (C=O) groups is 1. The molecule has 26 heavy (non-hydrogen) atoms. The van der Waals surface area contributed by atoms with Gasteiger partial charge in [-0.15, -0.1) is 0 Å². The maximum Gasteiger partial charge on any atom is 0.309 e. The van der Waals surface area contributed by atoms with E-state index < -0.39 is 12.1 Å². The highest BCUT2D eigenvalue weighted by Gasteiger charge is 2.23. The average Bonchev–Trinajstić information content (AvgIpc) is 2.65. The first-order valence-corrected chi connectivity index (χ1v) is 8.21. The molecule has 0 bridgehead atoms. The Morgan fingerprint density at radius 2 is 1.81 bits per heavy atom. The molecule has 2 heterocycles. The highest BCUT2D eigenvalue weighted by molar-refractivity contribution is 5.86. The molecule has 1 unspecified atom stereocenters. The first-order chi connectivity index (χ1) is 12.6. The average molecular weight is 352 g/mol. The van der Waals surface area contributed by atoms with Crippen molar-refractivity contribution in [2.45, 2.75) is 19.1 Å². The first-order valence-electron chi connectivity index (χ1n) is 8.21. The van der Waals surface area contributed by atoms with Gasteiger partial charge in [-0.3, -0.25) is 9.59 Å². The number of benzene rings is 2. The van der Waals surface area contributed by atoms with Crippen LogP contribution in [0.2, 0.25) is 0 Å².